The second-order valence-electron chi connectivity index (χ2n) is 7.40. The SMILES string of the molecule is c1ccc(N2CCN(Cc3c4ccccc4cc4ccccc34)CC2)cc1. The molecule has 27 heavy (non-hydrogen) atoms. The maximum atomic E-state index is 2.60. The van der Waals surface area contributed by atoms with Crippen molar-refractivity contribution in [3.05, 3.63) is 90.5 Å². The lowest BCUT2D eigenvalue weighted by molar-refractivity contribution is 0.251. The van der Waals surface area contributed by atoms with Crippen molar-refractivity contribution in [3.8, 4) is 0 Å². The van der Waals surface area contributed by atoms with E-state index in [1.54, 1.807) is 0 Å². The van der Waals surface area contributed by atoms with Crippen molar-refractivity contribution in [1.29, 1.82) is 0 Å². The van der Waals surface area contributed by atoms with Crippen molar-refractivity contribution in [2.75, 3.05) is 31.1 Å². The van der Waals surface area contributed by atoms with Crippen molar-refractivity contribution in [3.63, 3.8) is 0 Å². The van der Waals surface area contributed by atoms with Gasteiger partial charge in [-0.1, -0.05) is 66.7 Å². The van der Waals surface area contributed by atoms with Gasteiger partial charge in [0.1, 0.15) is 0 Å². The number of para-hydroxylation sites is 1. The van der Waals surface area contributed by atoms with E-state index < -0.39 is 0 Å². The average Bonchev–Trinajstić information content (AvgIpc) is 2.75. The minimum absolute atomic E-state index is 1.02. The number of nitrogens with zero attached hydrogens (tertiary/aromatic N) is 2. The molecule has 0 unspecified atom stereocenters. The van der Waals surface area contributed by atoms with Crippen molar-refractivity contribution in [2.24, 2.45) is 0 Å². The fourth-order valence-electron chi connectivity index (χ4n) is 4.30. The van der Waals surface area contributed by atoms with Gasteiger partial charge in [-0.2, -0.15) is 0 Å². The highest BCUT2D eigenvalue weighted by molar-refractivity contribution is 6.02. The number of benzene rings is 4. The van der Waals surface area contributed by atoms with E-state index in [4.69, 9.17) is 0 Å². The smallest absolute Gasteiger partial charge is 0.0367 e. The summed E-state index contributed by atoms with van der Waals surface area (Å²) in [6.07, 6.45) is 0. The lowest BCUT2D eigenvalue weighted by Crippen LogP contribution is -2.46. The molecule has 0 bridgehead atoms. The molecule has 0 aliphatic carbocycles. The van der Waals surface area contributed by atoms with Gasteiger partial charge in [0.15, 0.2) is 0 Å². The summed E-state index contributed by atoms with van der Waals surface area (Å²) in [4.78, 5) is 5.10. The first-order chi connectivity index (χ1) is 13.4. The summed E-state index contributed by atoms with van der Waals surface area (Å²) in [7, 11) is 0. The monoisotopic (exact) mass is 352 g/mol. The highest BCUT2D eigenvalue weighted by Gasteiger charge is 2.19. The predicted molar refractivity (Wildman–Crippen MR) is 115 cm³/mol. The lowest BCUT2D eigenvalue weighted by Gasteiger charge is -2.36. The zero-order valence-electron chi connectivity index (χ0n) is 15.5. The molecule has 4 aromatic carbocycles. The van der Waals surface area contributed by atoms with Crippen LogP contribution in [0.3, 0.4) is 0 Å². The van der Waals surface area contributed by atoms with Crippen LogP contribution in [-0.2, 0) is 6.54 Å². The van der Waals surface area contributed by atoms with Crippen LogP contribution in [0.25, 0.3) is 21.5 Å². The van der Waals surface area contributed by atoms with Crippen LogP contribution in [0, 0.1) is 0 Å². The van der Waals surface area contributed by atoms with E-state index in [0.29, 0.717) is 0 Å². The Morgan fingerprint density at radius 2 is 1.15 bits per heavy atom. The van der Waals surface area contributed by atoms with Gasteiger partial charge in [0.25, 0.3) is 0 Å². The molecule has 0 spiro atoms. The maximum absolute atomic E-state index is 2.60. The second kappa shape index (κ2) is 7.05. The second-order valence-corrected chi connectivity index (χ2v) is 7.40. The third kappa shape index (κ3) is 3.17. The van der Waals surface area contributed by atoms with Crippen molar-refractivity contribution < 1.29 is 0 Å². The Hall–Kier alpha value is -2.84. The lowest BCUT2D eigenvalue weighted by atomic mass is 9.96. The zero-order chi connectivity index (χ0) is 18.1. The number of piperazine rings is 1. The number of hydrogen-bond acceptors (Lipinski definition) is 2. The maximum Gasteiger partial charge on any atom is 0.0367 e. The fraction of sp³-hybridized carbons (Fsp3) is 0.200. The van der Waals surface area contributed by atoms with E-state index in [-0.39, 0.29) is 0 Å². The quantitative estimate of drug-likeness (QED) is 0.461. The van der Waals surface area contributed by atoms with Crippen LogP contribution in [-0.4, -0.2) is 31.1 Å². The molecule has 1 aliphatic rings. The Labute approximate surface area is 160 Å². The summed E-state index contributed by atoms with van der Waals surface area (Å²) >= 11 is 0. The molecule has 0 N–H and O–H groups in total. The van der Waals surface area contributed by atoms with Crippen LogP contribution >= 0.6 is 0 Å². The Kier molecular flexibility index (Phi) is 4.27. The van der Waals surface area contributed by atoms with Crippen molar-refractivity contribution >= 4 is 27.2 Å². The van der Waals surface area contributed by atoms with Gasteiger partial charge >= 0.3 is 0 Å². The Morgan fingerprint density at radius 3 is 1.78 bits per heavy atom. The van der Waals surface area contributed by atoms with Crippen LogP contribution in [0.1, 0.15) is 5.56 Å². The first-order valence-corrected chi connectivity index (χ1v) is 9.80. The molecule has 5 rings (SSSR count). The third-order valence-corrected chi connectivity index (χ3v) is 5.76. The minimum Gasteiger partial charge on any atom is -0.369 e. The third-order valence-electron chi connectivity index (χ3n) is 5.76. The van der Waals surface area contributed by atoms with Crippen LogP contribution in [0.4, 0.5) is 5.69 Å². The van der Waals surface area contributed by atoms with Crippen LogP contribution < -0.4 is 4.90 Å². The van der Waals surface area contributed by atoms with E-state index in [1.165, 1.54) is 32.8 Å². The van der Waals surface area contributed by atoms with Gasteiger partial charge in [-0.3, -0.25) is 4.90 Å². The van der Waals surface area contributed by atoms with E-state index in [2.05, 4.69) is 94.7 Å². The summed E-state index contributed by atoms with van der Waals surface area (Å²) in [6.45, 7) is 5.41. The van der Waals surface area contributed by atoms with Gasteiger partial charge < -0.3 is 4.90 Å². The first kappa shape index (κ1) is 16.3. The topological polar surface area (TPSA) is 6.48 Å². The molecule has 0 radical (unpaired) electrons. The summed E-state index contributed by atoms with van der Waals surface area (Å²) < 4.78 is 0. The van der Waals surface area contributed by atoms with E-state index in [1.807, 2.05) is 0 Å². The molecule has 1 aliphatic heterocycles. The van der Waals surface area contributed by atoms with Crippen molar-refractivity contribution in [2.45, 2.75) is 6.54 Å². The standard InChI is InChI=1S/C25H24N2/c1-2-10-22(11-3-1)27-16-14-26(15-17-27)19-25-23-12-6-4-8-20(23)18-21-9-5-7-13-24(21)25/h1-13,18H,14-17,19H2. The molecule has 0 saturated carbocycles. The molecule has 0 amide bonds. The van der Waals surface area contributed by atoms with Crippen LogP contribution in [0.5, 0.6) is 0 Å². The zero-order valence-corrected chi connectivity index (χ0v) is 15.5. The summed E-state index contributed by atoms with van der Waals surface area (Å²) in [5, 5.41) is 5.46. The largest absolute Gasteiger partial charge is 0.369 e. The molecular weight excluding hydrogens is 328 g/mol. The number of rotatable bonds is 3. The van der Waals surface area contributed by atoms with Gasteiger partial charge in [-0.05, 0) is 45.3 Å². The Bertz CT molecular complexity index is 1010. The van der Waals surface area contributed by atoms with Gasteiger partial charge in [-0.15, -0.1) is 0 Å². The van der Waals surface area contributed by atoms with Gasteiger partial charge in [0.2, 0.25) is 0 Å². The Morgan fingerprint density at radius 1 is 0.593 bits per heavy atom. The molecule has 0 aromatic heterocycles. The molecule has 2 nitrogen and oxygen atoms in total. The van der Waals surface area contributed by atoms with E-state index >= 15 is 0 Å². The molecule has 1 heterocycles. The number of hydrogen-bond donors (Lipinski definition) is 0. The summed E-state index contributed by atoms with van der Waals surface area (Å²) in [5.74, 6) is 0. The number of fused-ring (bicyclic) bond motifs is 2. The summed E-state index contributed by atoms with van der Waals surface area (Å²) in [5.41, 5.74) is 2.81. The molecule has 2 heteroatoms. The molecule has 134 valence electrons. The van der Waals surface area contributed by atoms with E-state index in [9.17, 15) is 0 Å². The average molecular weight is 352 g/mol. The Balaban J connectivity index is 1.43. The van der Waals surface area contributed by atoms with Gasteiger partial charge in [-0.25, -0.2) is 0 Å². The van der Waals surface area contributed by atoms with Gasteiger partial charge in [0, 0.05) is 38.4 Å². The highest BCUT2D eigenvalue weighted by Crippen LogP contribution is 2.30. The molecular formula is C25H24N2. The van der Waals surface area contributed by atoms with Crippen molar-refractivity contribution in [1.82, 2.24) is 4.90 Å². The minimum atomic E-state index is 1.02. The first-order valence-electron chi connectivity index (χ1n) is 9.80. The summed E-state index contributed by atoms with van der Waals surface area (Å²) in [6, 6.07) is 30.7. The molecule has 0 atom stereocenters. The van der Waals surface area contributed by atoms with Crippen LogP contribution in [0.15, 0.2) is 84.9 Å². The molecule has 1 fully saturated rings. The van der Waals surface area contributed by atoms with Gasteiger partial charge in [0.05, 0.1) is 0 Å². The molecule has 4 aromatic rings. The normalized spacial score (nSPS) is 15.5. The predicted octanol–water partition coefficient (Wildman–Crippen LogP) is 5.32. The van der Waals surface area contributed by atoms with Crippen LogP contribution in [0.2, 0.25) is 0 Å². The highest BCUT2D eigenvalue weighted by atomic mass is 15.3. The fourth-order valence-corrected chi connectivity index (χ4v) is 4.30. The van der Waals surface area contributed by atoms with E-state index in [0.717, 1.165) is 32.7 Å². The number of anilines is 1. The molecule has 1 saturated heterocycles.